The zero-order valence-electron chi connectivity index (χ0n) is 14.1. The van der Waals surface area contributed by atoms with Crippen molar-refractivity contribution in [1.29, 1.82) is 0 Å². The molecule has 4 rings (SSSR count). The minimum atomic E-state index is -0.254. The van der Waals surface area contributed by atoms with Crippen LogP contribution in [-0.4, -0.2) is 25.7 Å². The van der Waals surface area contributed by atoms with Crippen LogP contribution in [-0.2, 0) is 6.61 Å². The maximum atomic E-state index is 12.7. The summed E-state index contributed by atoms with van der Waals surface area (Å²) in [5.74, 6) is 0.899. The molecule has 0 radical (unpaired) electrons. The van der Waals surface area contributed by atoms with Gasteiger partial charge in [-0.2, -0.15) is 5.10 Å². The van der Waals surface area contributed by atoms with Gasteiger partial charge in [0.1, 0.15) is 12.4 Å². The Morgan fingerprint density at radius 2 is 2.11 bits per heavy atom. The fraction of sp³-hybridized carbons (Fsp3) is 0.0526. The molecule has 0 aliphatic heterocycles. The van der Waals surface area contributed by atoms with Crippen LogP contribution < -0.4 is 10.1 Å². The van der Waals surface area contributed by atoms with Gasteiger partial charge < -0.3 is 10.1 Å². The summed E-state index contributed by atoms with van der Waals surface area (Å²) in [6, 6.07) is 12.4. The molecule has 0 fully saturated rings. The standard InChI is InChI=1S/C19H15N5O2S/c25-19(23-17-6-2-7-20-18(17)24-9-3-8-22-24)14-4-1-5-16(10-14)26-11-15-12-27-13-21-15/h1-10,12-13H,11H2,(H,23,25). The Labute approximate surface area is 159 Å². The molecule has 0 aliphatic carbocycles. The van der Waals surface area contributed by atoms with Gasteiger partial charge in [0.2, 0.25) is 0 Å². The van der Waals surface area contributed by atoms with Crippen LogP contribution in [0.3, 0.4) is 0 Å². The van der Waals surface area contributed by atoms with E-state index in [4.69, 9.17) is 4.74 Å². The van der Waals surface area contributed by atoms with Gasteiger partial charge in [0.05, 0.1) is 16.9 Å². The van der Waals surface area contributed by atoms with Gasteiger partial charge in [-0.3, -0.25) is 4.79 Å². The number of carbonyl (C=O) groups excluding carboxylic acids is 1. The van der Waals surface area contributed by atoms with E-state index in [1.54, 1.807) is 65.2 Å². The molecule has 1 amide bonds. The lowest BCUT2D eigenvalue weighted by Gasteiger charge is -2.11. The molecule has 3 heterocycles. The van der Waals surface area contributed by atoms with E-state index < -0.39 is 0 Å². The third kappa shape index (κ3) is 4.01. The zero-order valence-corrected chi connectivity index (χ0v) is 15.0. The van der Waals surface area contributed by atoms with Gasteiger partial charge in [-0.25, -0.2) is 14.6 Å². The van der Waals surface area contributed by atoms with Crippen molar-refractivity contribution in [2.24, 2.45) is 0 Å². The molecule has 1 aromatic carbocycles. The molecule has 8 heteroatoms. The first kappa shape index (κ1) is 16.9. The Balaban J connectivity index is 1.50. The lowest BCUT2D eigenvalue weighted by atomic mass is 10.2. The average molecular weight is 377 g/mol. The predicted molar refractivity (Wildman–Crippen MR) is 102 cm³/mol. The summed E-state index contributed by atoms with van der Waals surface area (Å²) in [6.45, 7) is 0.362. The van der Waals surface area contributed by atoms with Crippen molar-refractivity contribution >= 4 is 22.9 Å². The van der Waals surface area contributed by atoms with Crippen LogP contribution in [0, 0.1) is 0 Å². The van der Waals surface area contributed by atoms with E-state index in [0.717, 1.165) is 5.69 Å². The number of nitrogens with zero attached hydrogens (tertiary/aromatic N) is 4. The highest BCUT2D eigenvalue weighted by Gasteiger charge is 2.12. The number of amides is 1. The SMILES string of the molecule is O=C(Nc1cccnc1-n1cccn1)c1cccc(OCc2cscn2)c1. The van der Waals surface area contributed by atoms with Gasteiger partial charge in [0, 0.05) is 29.5 Å². The topological polar surface area (TPSA) is 81.9 Å². The summed E-state index contributed by atoms with van der Waals surface area (Å²) in [5, 5.41) is 8.98. The van der Waals surface area contributed by atoms with Gasteiger partial charge in [0.25, 0.3) is 5.91 Å². The highest BCUT2D eigenvalue weighted by Crippen LogP contribution is 2.20. The molecule has 0 bridgehead atoms. The first-order chi connectivity index (χ1) is 13.3. The van der Waals surface area contributed by atoms with Gasteiger partial charge in [-0.15, -0.1) is 11.3 Å². The highest BCUT2D eigenvalue weighted by molar-refractivity contribution is 7.07. The van der Waals surface area contributed by atoms with Gasteiger partial charge >= 0.3 is 0 Å². The van der Waals surface area contributed by atoms with Crippen molar-refractivity contribution in [2.75, 3.05) is 5.32 Å². The molecule has 0 saturated carbocycles. The van der Waals surface area contributed by atoms with Crippen LogP contribution >= 0.6 is 11.3 Å². The number of hydrogen-bond acceptors (Lipinski definition) is 6. The largest absolute Gasteiger partial charge is 0.487 e. The van der Waals surface area contributed by atoms with E-state index in [9.17, 15) is 4.79 Å². The Bertz CT molecular complexity index is 1030. The van der Waals surface area contributed by atoms with Crippen molar-refractivity contribution in [3.63, 3.8) is 0 Å². The first-order valence-electron chi connectivity index (χ1n) is 8.16. The molecule has 4 aromatic rings. The monoisotopic (exact) mass is 377 g/mol. The molecular weight excluding hydrogens is 362 g/mol. The molecule has 27 heavy (non-hydrogen) atoms. The third-order valence-electron chi connectivity index (χ3n) is 3.72. The number of pyridine rings is 1. The van der Waals surface area contributed by atoms with Crippen LogP contribution in [0.1, 0.15) is 16.1 Å². The Morgan fingerprint density at radius 3 is 2.93 bits per heavy atom. The van der Waals surface area contributed by atoms with E-state index in [0.29, 0.717) is 29.4 Å². The van der Waals surface area contributed by atoms with Crippen LogP contribution in [0.2, 0.25) is 0 Å². The quantitative estimate of drug-likeness (QED) is 0.556. The third-order valence-corrected chi connectivity index (χ3v) is 4.36. The highest BCUT2D eigenvalue weighted by atomic mass is 32.1. The number of hydrogen-bond donors (Lipinski definition) is 1. The van der Waals surface area contributed by atoms with Crippen molar-refractivity contribution in [1.82, 2.24) is 19.7 Å². The van der Waals surface area contributed by atoms with Gasteiger partial charge in [-0.05, 0) is 36.4 Å². The Hall–Kier alpha value is -3.52. The number of nitrogens with one attached hydrogen (secondary N) is 1. The molecule has 0 spiro atoms. The fourth-order valence-corrected chi connectivity index (χ4v) is 3.00. The van der Waals surface area contributed by atoms with Crippen LogP contribution in [0.4, 0.5) is 5.69 Å². The summed E-state index contributed by atoms with van der Waals surface area (Å²) >= 11 is 1.52. The van der Waals surface area contributed by atoms with Crippen molar-refractivity contribution in [3.8, 4) is 11.6 Å². The summed E-state index contributed by atoms with van der Waals surface area (Å²) in [7, 11) is 0. The summed E-state index contributed by atoms with van der Waals surface area (Å²) in [4.78, 5) is 21.2. The van der Waals surface area contributed by atoms with E-state index in [1.165, 1.54) is 11.3 Å². The lowest BCUT2D eigenvalue weighted by molar-refractivity contribution is 0.102. The molecule has 3 aromatic heterocycles. The summed E-state index contributed by atoms with van der Waals surface area (Å²) < 4.78 is 7.31. The number of ether oxygens (including phenoxy) is 1. The molecule has 0 atom stereocenters. The average Bonchev–Trinajstić information content (AvgIpc) is 3.41. The van der Waals surface area contributed by atoms with Crippen molar-refractivity contribution < 1.29 is 9.53 Å². The van der Waals surface area contributed by atoms with Crippen LogP contribution in [0.15, 0.2) is 71.9 Å². The smallest absolute Gasteiger partial charge is 0.255 e. The number of benzene rings is 1. The zero-order chi connectivity index (χ0) is 18.5. The molecular formula is C19H15N5O2S. The van der Waals surface area contributed by atoms with E-state index in [1.807, 2.05) is 11.4 Å². The van der Waals surface area contributed by atoms with E-state index in [-0.39, 0.29) is 5.91 Å². The van der Waals surface area contributed by atoms with Crippen molar-refractivity contribution in [3.05, 3.63) is 83.2 Å². The second-order valence-corrected chi connectivity index (χ2v) is 6.29. The summed E-state index contributed by atoms with van der Waals surface area (Å²) in [6.07, 6.45) is 5.08. The normalized spacial score (nSPS) is 10.5. The Kier molecular flexibility index (Phi) is 4.88. The van der Waals surface area contributed by atoms with E-state index in [2.05, 4.69) is 20.4 Å². The van der Waals surface area contributed by atoms with Gasteiger partial charge in [-0.1, -0.05) is 6.07 Å². The fourth-order valence-electron chi connectivity index (χ4n) is 2.46. The molecule has 7 nitrogen and oxygen atoms in total. The molecule has 0 saturated heterocycles. The lowest BCUT2D eigenvalue weighted by Crippen LogP contribution is -2.14. The van der Waals surface area contributed by atoms with Crippen molar-refractivity contribution in [2.45, 2.75) is 6.61 Å². The number of anilines is 1. The van der Waals surface area contributed by atoms with Crippen LogP contribution in [0.5, 0.6) is 5.75 Å². The number of rotatable bonds is 6. The number of aromatic nitrogens is 4. The molecule has 0 unspecified atom stereocenters. The minimum absolute atomic E-state index is 0.254. The van der Waals surface area contributed by atoms with Crippen LogP contribution in [0.25, 0.3) is 5.82 Å². The Morgan fingerprint density at radius 1 is 1.15 bits per heavy atom. The second-order valence-electron chi connectivity index (χ2n) is 5.58. The molecule has 0 aliphatic rings. The minimum Gasteiger partial charge on any atom is -0.487 e. The number of carbonyl (C=O) groups is 1. The maximum absolute atomic E-state index is 12.7. The second kappa shape index (κ2) is 7.79. The predicted octanol–water partition coefficient (Wildman–Crippen LogP) is 3.56. The van der Waals surface area contributed by atoms with Gasteiger partial charge in [0.15, 0.2) is 5.82 Å². The molecule has 134 valence electrons. The molecule has 1 N–H and O–H groups in total. The van der Waals surface area contributed by atoms with E-state index >= 15 is 0 Å². The first-order valence-corrected chi connectivity index (χ1v) is 9.10. The number of thiazole rings is 1. The maximum Gasteiger partial charge on any atom is 0.255 e. The summed E-state index contributed by atoms with van der Waals surface area (Å²) in [5.41, 5.74) is 3.67.